The molecule has 0 aliphatic carbocycles. The molecule has 1 amide bonds. The van der Waals surface area contributed by atoms with Crippen LogP contribution >= 0.6 is 0 Å². The lowest BCUT2D eigenvalue weighted by Gasteiger charge is -2.26. The normalized spacial score (nSPS) is 25.3. The average molecular weight is 280 g/mol. The number of benzene rings is 1. The number of methoxy groups -OCH3 is 2. The molecular weight excluding hydrogens is 260 g/mol. The Labute approximate surface area is 118 Å². The maximum atomic E-state index is 12.4. The maximum Gasteiger partial charge on any atom is 0.234 e. The lowest BCUT2D eigenvalue weighted by atomic mass is 9.85. The van der Waals surface area contributed by atoms with Gasteiger partial charge in [0.2, 0.25) is 5.91 Å². The fourth-order valence-electron chi connectivity index (χ4n) is 2.10. The molecule has 1 fully saturated rings. The number of anilines is 1. The van der Waals surface area contributed by atoms with E-state index in [0.717, 1.165) is 0 Å². The summed E-state index contributed by atoms with van der Waals surface area (Å²) in [7, 11) is 3.11. The van der Waals surface area contributed by atoms with E-state index in [4.69, 9.17) is 19.9 Å². The number of amides is 1. The molecule has 20 heavy (non-hydrogen) atoms. The quantitative estimate of drug-likeness (QED) is 0.860. The van der Waals surface area contributed by atoms with Crippen LogP contribution in [0.1, 0.15) is 6.92 Å². The van der Waals surface area contributed by atoms with Gasteiger partial charge in [-0.25, -0.2) is 0 Å². The number of nitrogens with one attached hydrogen (secondary N) is 1. The van der Waals surface area contributed by atoms with Gasteiger partial charge >= 0.3 is 0 Å². The van der Waals surface area contributed by atoms with Crippen LogP contribution in [-0.4, -0.2) is 39.4 Å². The van der Waals surface area contributed by atoms with E-state index >= 15 is 0 Å². The zero-order valence-corrected chi connectivity index (χ0v) is 11.9. The molecule has 0 saturated carbocycles. The van der Waals surface area contributed by atoms with Gasteiger partial charge in [-0.15, -0.1) is 0 Å². The van der Waals surface area contributed by atoms with Gasteiger partial charge in [0.05, 0.1) is 38.5 Å². The van der Waals surface area contributed by atoms with Crippen LogP contribution in [0.15, 0.2) is 18.2 Å². The van der Waals surface area contributed by atoms with Crippen molar-refractivity contribution in [2.45, 2.75) is 13.0 Å². The molecule has 6 heteroatoms. The topological polar surface area (TPSA) is 82.8 Å². The third kappa shape index (κ3) is 2.57. The Morgan fingerprint density at radius 3 is 2.75 bits per heavy atom. The molecule has 2 atom stereocenters. The average Bonchev–Trinajstić information content (AvgIpc) is 2.80. The van der Waals surface area contributed by atoms with Crippen LogP contribution in [0.3, 0.4) is 0 Å². The molecule has 0 bridgehead atoms. The van der Waals surface area contributed by atoms with Gasteiger partial charge in [0.25, 0.3) is 0 Å². The van der Waals surface area contributed by atoms with Crippen molar-refractivity contribution in [2.75, 3.05) is 32.8 Å². The molecule has 2 rings (SSSR count). The standard InChI is InChI=1S/C14H20N2O4/c1-14(8-20-7-12(14)15)13(17)16-10-6-9(18-2)4-5-11(10)19-3/h4-6,12H,7-8,15H2,1-3H3,(H,16,17). The van der Waals surface area contributed by atoms with Gasteiger partial charge in [-0.3, -0.25) is 4.79 Å². The van der Waals surface area contributed by atoms with Crippen LogP contribution in [0.4, 0.5) is 5.69 Å². The molecule has 1 heterocycles. The number of hydrogen-bond donors (Lipinski definition) is 2. The predicted octanol–water partition coefficient (Wildman–Crippen LogP) is 1.01. The summed E-state index contributed by atoms with van der Waals surface area (Å²) in [5, 5.41) is 2.85. The highest BCUT2D eigenvalue weighted by Crippen LogP contribution is 2.33. The number of rotatable bonds is 4. The van der Waals surface area contributed by atoms with Crippen molar-refractivity contribution in [2.24, 2.45) is 11.1 Å². The van der Waals surface area contributed by atoms with Crippen molar-refractivity contribution < 1.29 is 19.0 Å². The predicted molar refractivity (Wildman–Crippen MR) is 75.1 cm³/mol. The minimum atomic E-state index is -0.742. The summed E-state index contributed by atoms with van der Waals surface area (Å²) in [4.78, 5) is 12.4. The van der Waals surface area contributed by atoms with Gasteiger partial charge < -0.3 is 25.3 Å². The summed E-state index contributed by atoms with van der Waals surface area (Å²) in [5.41, 5.74) is 5.76. The molecule has 1 saturated heterocycles. The van der Waals surface area contributed by atoms with Gasteiger partial charge in [0.1, 0.15) is 11.5 Å². The second-order valence-corrected chi connectivity index (χ2v) is 5.06. The summed E-state index contributed by atoms with van der Waals surface area (Å²) in [6.07, 6.45) is 0. The fourth-order valence-corrected chi connectivity index (χ4v) is 2.10. The van der Waals surface area contributed by atoms with Crippen LogP contribution in [0, 0.1) is 5.41 Å². The van der Waals surface area contributed by atoms with E-state index in [-0.39, 0.29) is 11.9 Å². The highest BCUT2D eigenvalue weighted by Gasteiger charge is 2.44. The highest BCUT2D eigenvalue weighted by molar-refractivity contribution is 5.97. The molecule has 0 aromatic heterocycles. The molecule has 1 aromatic carbocycles. The minimum absolute atomic E-state index is 0.186. The van der Waals surface area contributed by atoms with Crippen LogP contribution in [0.2, 0.25) is 0 Å². The van der Waals surface area contributed by atoms with Crippen LogP contribution in [0.5, 0.6) is 11.5 Å². The molecule has 1 aliphatic rings. The molecule has 2 unspecified atom stereocenters. The van der Waals surface area contributed by atoms with E-state index in [2.05, 4.69) is 5.32 Å². The summed E-state index contributed by atoms with van der Waals surface area (Å²) < 4.78 is 15.7. The first-order valence-electron chi connectivity index (χ1n) is 6.38. The molecule has 3 N–H and O–H groups in total. The van der Waals surface area contributed by atoms with Gasteiger partial charge in [-0.05, 0) is 19.1 Å². The van der Waals surface area contributed by atoms with Crippen molar-refractivity contribution in [3.8, 4) is 11.5 Å². The number of nitrogens with two attached hydrogens (primary N) is 1. The molecule has 1 aliphatic heterocycles. The molecular formula is C14H20N2O4. The molecule has 0 radical (unpaired) electrons. The van der Waals surface area contributed by atoms with Crippen molar-refractivity contribution in [3.63, 3.8) is 0 Å². The summed E-state index contributed by atoms with van der Waals surface area (Å²) in [6.45, 7) is 2.50. The molecule has 0 spiro atoms. The molecule has 1 aromatic rings. The largest absolute Gasteiger partial charge is 0.497 e. The van der Waals surface area contributed by atoms with E-state index in [1.54, 1.807) is 39.3 Å². The Morgan fingerprint density at radius 1 is 1.45 bits per heavy atom. The summed E-state index contributed by atoms with van der Waals surface area (Å²) in [5.74, 6) is 1.02. The van der Waals surface area contributed by atoms with E-state index < -0.39 is 5.41 Å². The third-order valence-corrected chi connectivity index (χ3v) is 3.69. The Morgan fingerprint density at radius 2 is 2.20 bits per heavy atom. The Balaban J connectivity index is 2.22. The molecule has 110 valence electrons. The zero-order valence-electron chi connectivity index (χ0n) is 11.9. The molecule has 6 nitrogen and oxygen atoms in total. The van der Waals surface area contributed by atoms with Gasteiger partial charge in [-0.2, -0.15) is 0 Å². The fraction of sp³-hybridized carbons (Fsp3) is 0.500. The smallest absolute Gasteiger partial charge is 0.234 e. The van der Waals surface area contributed by atoms with Crippen LogP contribution in [-0.2, 0) is 9.53 Å². The zero-order chi connectivity index (χ0) is 14.8. The maximum absolute atomic E-state index is 12.4. The van der Waals surface area contributed by atoms with Gasteiger partial charge in [0, 0.05) is 12.1 Å². The second-order valence-electron chi connectivity index (χ2n) is 5.06. The first-order chi connectivity index (χ1) is 9.51. The number of carbonyl (C=O) groups is 1. The third-order valence-electron chi connectivity index (χ3n) is 3.69. The van der Waals surface area contributed by atoms with Crippen molar-refractivity contribution in [1.29, 1.82) is 0 Å². The highest BCUT2D eigenvalue weighted by atomic mass is 16.5. The Bertz CT molecular complexity index is 506. The minimum Gasteiger partial charge on any atom is -0.497 e. The second kappa shape index (κ2) is 5.68. The van der Waals surface area contributed by atoms with E-state index in [0.29, 0.717) is 30.4 Å². The monoisotopic (exact) mass is 280 g/mol. The van der Waals surface area contributed by atoms with Crippen molar-refractivity contribution in [1.82, 2.24) is 0 Å². The van der Waals surface area contributed by atoms with Crippen LogP contribution < -0.4 is 20.5 Å². The van der Waals surface area contributed by atoms with Crippen LogP contribution in [0.25, 0.3) is 0 Å². The van der Waals surface area contributed by atoms with E-state index in [1.165, 1.54) is 0 Å². The summed E-state index contributed by atoms with van der Waals surface area (Å²) >= 11 is 0. The van der Waals surface area contributed by atoms with E-state index in [9.17, 15) is 4.79 Å². The first-order valence-corrected chi connectivity index (χ1v) is 6.38. The number of hydrogen-bond acceptors (Lipinski definition) is 5. The number of carbonyl (C=O) groups excluding carboxylic acids is 1. The van der Waals surface area contributed by atoms with Crippen molar-refractivity contribution >= 4 is 11.6 Å². The lowest BCUT2D eigenvalue weighted by Crippen LogP contribution is -2.47. The van der Waals surface area contributed by atoms with Crippen molar-refractivity contribution in [3.05, 3.63) is 18.2 Å². The first kappa shape index (κ1) is 14.6. The Hall–Kier alpha value is -1.79. The van der Waals surface area contributed by atoms with E-state index in [1.807, 2.05) is 0 Å². The van der Waals surface area contributed by atoms with Gasteiger partial charge in [0.15, 0.2) is 0 Å². The summed E-state index contributed by atoms with van der Waals surface area (Å²) in [6, 6.07) is 4.89. The Kier molecular flexibility index (Phi) is 4.15. The van der Waals surface area contributed by atoms with Gasteiger partial charge in [-0.1, -0.05) is 0 Å². The SMILES string of the molecule is COc1ccc(OC)c(NC(=O)C2(C)COCC2N)c1. The lowest BCUT2D eigenvalue weighted by molar-refractivity contribution is -0.125. The number of ether oxygens (including phenoxy) is 3.